The molecule has 0 aromatic heterocycles. The van der Waals surface area contributed by atoms with E-state index in [1.165, 1.54) is 7.11 Å². The van der Waals surface area contributed by atoms with E-state index < -0.39 is 0 Å². The first-order chi connectivity index (χ1) is 9.61. The van der Waals surface area contributed by atoms with Gasteiger partial charge in [-0.2, -0.15) is 0 Å². The summed E-state index contributed by atoms with van der Waals surface area (Å²) in [4.78, 5) is 25.5. The first-order valence-electron chi connectivity index (χ1n) is 6.82. The number of hydrogen-bond acceptors (Lipinski definition) is 3. The first kappa shape index (κ1) is 14.4. The van der Waals surface area contributed by atoms with Crippen molar-refractivity contribution in [3.8, 4) is 0 Å². The van der Waals surface area contributed by atoms with Gasteiger partial charge in [-0.25, -0.2) is 4.79 Å². The average Bonchev–Trinajstić information content (AvgIpc) is 3.29. The third-order valence-electron chi connectivity index (χ3n) is 3.35. The molecule has 1 aromatic rings. The summed E-state index contributed by atoms with van der Waals surface area (Å²) in [5.41, 5.74) is 0.758. The van der Waals surface area contributed by atoms with Crippen LogP contribution in [0.4, 0.5) is 10.5 Å². The minimum atomic E-state index is -0.317. The molecule has 0 heterocycles. The molecule has 1 aromatic carbocycles. The van der Waals surface area contributed by atoms with Crippen LogP contribution in [0.15, 0.2) is 30.3 Å². The predicted octanol–water partition coefficient (Wildman–Crippen LogP) is 2.49. The number of methoxy groups -OCH3 is 1. The molecule has 0 radical (unpaired) electrons. The first-order valence-corrected chi connectivity index (χ1v) is 6.82. The molecule has 1 N–H and O–H groups in total. The third kappa shape index (κ3) is 3.73. The summed E-state index contributed by atoms with van der Waals surface area (Å²) in [6.07, 6.45) is 1.99. The summed E-state index contributed by atoms with van der Waals surface area (Å²) in [7, 11) is 1.37. The van der Waals surface area contributed by atoms with E-state index in [0.29, 0.717) is 6.54 Å². The highest BCUT2D eigenvalue weighted by atomic mass is 16.5. The summed E-state index contributed by atoms with van der Waals surface area (Å²) in [6, 6.07) is 9.40. The van der Waals surface area contributed by atoms with Gasteiger partial charge in [0, 0.05) is 18.3 Å². The highest BCUT2D eigenvalue weighted by Gasteiger charge is 2.34. The van der Waals surface area contributed by atoms with Gasteiger partial charge in [0.05, 0.1) is 13.0 Å². The molecule has 2 amide bonds. The fourth-order valence-corrected chi connectivity index (χ4v) is 2.07. The molecule has 1 fully saturated rings. The molecule has 1 atom stereocenters. The predicted molar refractivity (Wildman–Crippen MR) is 76.4 cm³/mol. The Labute approximate surface area is 118 Å². The molecule has 5 nitrogen and oxygen atoms in total. The molecule has 0 bridgehead atoms. The number of anilines is 1. The van der Waals surface area contributed by atoms with Crippen LogP contribution in [0, 0.1) is 5.92 Å². The van der Waals surface area contributed by atoms with Crippen LogP contribution in [0.25, 0.3) is 0 Å². The van der Waals surface area contributed by atoms with Crippen LogP contribution in [0.3, 0.4) is 0 Å². The average molecular weight is 276 g/mol. The summed E-state index contributed by atoms with van der Waals surface area (Å²) in [5.74, 6) is -0.606. The fraction of sp³-hybridized carbons (Fsp3) is 0.467. The largest absolute Gasteiger partial charge is 0.469 e. The summed E-state index contributed by atoms with van der Waals surface area (Å²) in [5, 5.41) is 2.86. The minimum absolute atomic E-state index is 0.158. The molecule has 1 aliphatic carbocycles. The second-order valence-electron chi connectivity index (χ2n) is 5.10. The van der Waals surface area contributed by atoms with Gasteiger partial charge in [-0.15, -0.1) is 0 Å². The van der Waals surface area contributed by atoms with Crippen molar-refractivity contribution < 1.29 is 14.3 Å². The fourth-order valence-electron chi connectivity index (χ4n) is 2.07. The van der Waals surface area contributed by atoms with E-state index in [1.807, 2.05) is 30.3 Å². The van der Waals surface area contributed by atoms with Gasteiger partial charge in [-0.05, 0) is 25.0 Å². The van der Waals surface area contributed by atoms with Crippen molar-refractivity contribution in [3.63, 3.8) is 0 Å². The molecule has 5 heteroatoms. The zero-order valence-corrected chi connectivity index (χ0v) is 11.8. The molecule has 1 saturated carbocycles. The molecule has 0 aliphatic heterocycles. The number of urea groups is 1. The maximum absolute atomic E-state index is 12.3. The molecule has 20 heavy (non-hydrogen) atoms. The van der Waals surface area contributed by atoms with Crippen LogP contribution >= 0.6 is 0 Å². The van der Waals surface area contributed by atoms with Crippen LogP contribution < -0.4 is 5.32 Å². The van der Waals surface area contributed by atoms with E-state index in [-0.39, 0.29) is 24.0 Å². The van der Waals surface area contributed by atoms with Crippen molar-refractivity contribution >= 4 is 17.7 Å². The van der Waals surface area contributed by atoms with Gasteiger partial charge in [-0.1, -0.05) is 25.1 Å². The Morgan fingerprint density at radius 3 is 2.55 bits per heavy atom. The Hall–Kier alpha value is -2.04. The van der Waals surface area contributed by atoms with Gasteiger partial charge in [0.1, 0.15) is 0 Å². The number of nitrogens with zero attached hydrogens (tertiary/aromatic N) is 1. The zero-order chi connectivity index (χ0) is 14.5. The van der Waals surface area contributed by atoms with E-state index >= 15 is 0 Å². The van der Waals surface area contributed by atoms with Crippen LogP contribution in [0.2, 0.25) is 0 Å². The smallest absolute Gasteiger partial charge is 0.322 e. The lowest BCUT2D eigenvalue weighted by atomic mass is 10.1. The molecule has 0 saturated heterocycles. The van der Waals surface area contributed by atoms with Gasteiger partial charge in [0.25, 0.3) is 0 Å². The van der Waals surface area contributed by atoms with E-state index in [2.05, 4.69) is 5.32 Å². The summed E-state index contributed by atoms with van der Waals surface area (Å²) >= 11 is 0. The number of esters is 1. The molecule has 1 unspecified atom stereocenters. The van der Waals surface area contributed by atoms with Crippen molar-refractivity contribution in [2.45, 2.75) is 25.8 Å². The van der Waals surface area contributed by atoms with Gasteiger partial charge < -0.3 is 15.0 Å². The highest BCUT2D eigenvalue weighted by Crippen LogP contribution is 2.28. The lowest BCUT2D eigenvalue weighted by molar-refractivity contribution is -0.145. The normalized spacial score (nSPS) is 15.3. The van der Waals surface area contributed by atoms with E-state index in [4.69, 9.17) is 4.74 Å². The Morgan fingerprint density at radius 2 is 2.00 bits per heavy atom. The van der Waals surface area contributed by atoms with Crippen molar-refractivity contribution in [2.24, 2.45) is 5.92 Å². The van der Waals surface area contributed by atoms with Gasteiger partial charge in [0.15, 0.2) is 0 Å². The minimum Gasteiger partial charge on any atom is -0.469 e. The number of benzene rings is 1. The Bertz CT molecular complexity index is 471. The summed E-state index contributed by atoms with van der Waals surface area (Å²) in [6.45, 7) is 2.16. The standard InChI is InChI=1S/C15H20N2O3/c1-11(14(18)20-2)10-17(13-8-9-13)15(19)16-12-6-4-3-5-7-12/h3-7,11,13H,8-10H2,1-2H3,(H,16,19). The number of carbonyl (C=O) groups excluding carboxylic acids is 2. The number of nitrogens with one attached hydrogen (secondary N) is 1. The Kier molecular flexibility index (Phi) is 4.61. The van der Waals surface area contributed by atoms with Crippen LogP contribution in [-0.4, -0.2) is 36.6 Å². The lowest BCUT2D eigenvalue weighted by Crippen LogP contribution is -2.41. The molecule has 1 aliphatic rings. The number of ether oxygens (including phenoxy) is 1. The van der Waals surface area contributed by atoms with Gasteiger partial charge in [-0.3, -0.25) is 4.79 Å². The molecular weight excluding hydrogens is 256 g/mol. The summed E-state index contributed by atoms with van der Waals surface area (Å²) < 4.78 is 4.71. The van der Waals surface area contributed by atoms with Crippen LogP contribution in [-0.2, 0) is 9.53 Å². The number of carbonyl (C=O) groups is 2. The SMILES string of the molecule is COC(=O)C(C)CN(C(=O)Nc1ccccc1)C1CC1. The quantitative estimate of drug-likeness (QED) is 0.841. The molecule has 0 spiro atoms. The van der Waals surface area contributed by atoms with Crippen molar-refractivity contribution in [1.82, 2.24) is 4.90 Å². The number of para-hydroxylation sites is 1. The van der Waals surface area contributed by atoms with Crippen molar-refractivity contribution in [3.05, 3.63) is 30.3 Å². The number of hydrogen-bond donors (Lipinski definition) is 1. The Morgan fingerprint density at radius 1 is 1.35 bits per heavy atom. The highest BCUT2D eigenvalue weighted by molar-refractivity contribution is 5.90. The van der Waals surface area contributed by atoms with Crippen LogP contribution in [0.1, 0.15) is 19.8 Å². The molecule has 2 rings (SSSR count). The number of amides is 2. The maximum Gasteiger partial charge on any atom is 0.322 e. The van der Waals surface area contributed by atoms with Gasteiger partial charge >= 0.3 is 12.0 Å². The second kappa shape index (κ2) is 6.41. The van der Waals surface area contributed by atoms with Gasteiger partial charge in [0.2, 0.25) is 0 Å². The van der Waals surface area contributed by atoms with E-state index in [9.17, 15) is 9.59 Å². The third-order valence-corrected chi connectivity index (χ3v) is 3.35. The molecular formula is C15H20N2O3. The second-order valence-corrected chi connectivity index (χ2v) is 5.10. The molecule has 108 valence electrons. The Balaban J connectivity index is 1.98. The zero-order valence-electron chi connectivity index (χ0n) is 11.8. The van der Waals surface area contributed by atoms with Crippen molar-refractivity contribution in [1.29, 1.82) is 0 Å². The monoisotopic (exact) mass is 276 g/mol. The van der Waals surface area contributed by atoms with Crippen molar-refractivity contribution in [2.75, 3.05) is 19.0 Å². The number of rotatable bonds is 5. The van der Waals surface area contributed by atoms with E-state index in [0.717, 1.165) is 18.5 Å². The topological polar surface area (TPSA) is 58.6 Å². The van der Waals surface area contributed by atoms with Crippen LogP contribution in [0.5, 0.6) is 0 Å². The maximum atomic E-state index is 12.3. The van der Waals surface area contributed by atoms with E-state index in [1.54, 1.807) is 11.8 Å². The lowest BCUT2D eigenvalue weighted by Gasteiger charge is -2.25.